The summed E-state index contributed by atoms with van der Waals surface area (Å²) >= 11 is 0. The average Bonchev–Trinajstić information content (AvgIpc) is 2.65. The number of ether oxygens (including phenoxy) is 2. The lowest BCUT2D eigenvalue weighted by atomic mass is 9.87. The van der Waals surface area contributed by atoms with Crippen molar-refractivity contribution in [2.45, 2.75) is 91.3 Å². The van der Waals surface area contributed by atoms with E-state index in [4.69, 9.17) is 9.47 Å². The van der Waals surface area contributed by atoms with Gasteiger partial charge in [-0.3, -0.25) is 0 Å². The topological polar surface area (TPSA) is 18.5 Å². The van der Waals surface area contributed by atoms with Gasteiger partial charge in [0.1, 0.15) is 0 Å². The van der Waals surface area contributed by atoms with Gasteiger partial charge in [-0.2, -0.15) is 0 Å². The summed E-state index contributed by atoms with van der Waals surface area (Å²) in [6.45, 7) is 9.08. The summed E-state index contributed by atoms with van der Waals surface area (Å²) in [5.74, 6) is -4.33. The Morgan fingerprint density at radius 3 is 1.89 bits per heavy atom. The van der Waals surface area contributed by atoms with E-state index in [0.717, 1.165) is 31.4 Å². The largest absolute Gasteiger partial charge is 0.350 e. The van der Waals surface area contributed by atoms with Crippen molar-refractivity contribution in [3.8, 4) is 0 Å². The average molecular weight is 403 g/mol. The Bertz CT molecular complexity index is 534. The van der Waals surface area contributed by atoms with Gasteiger partial charge in [-0.05, 0) is 57.7 Å². The summed E-state index contributed by atoms with van der Waals surface area (Å²) in [6, 6.07) is 2.16. The lowest BCUT2D eigenvalue weighted by Crippen LogP contribution is -2.41. The van der Waals surface area contributed by atoms with E-state index < -0.39 is 23.2 Å². The Kier molecular flexibility index (Phi) is 11.8. The Morgan fingerprint density at radius 2 is 1.36 bits per heavy atom. The van der Waals surface area contributed by atoms with Gasteiger partial charge in [-0.1, -0.05) is 45.4 Å². The first-order chi connectivity index (χ1) is 13.4. The SMILES string of the molecule is CCCCCCCCC(CCc1cc(F)c(F)c(F)c1)C(C)(OCC)OCC. The Morgan fingerprint density at radius 1 is 0.821 bits per heavy atom. The molecule has 0 bridgehead atoms. The minimum atomic E-state index is -1.42. The van der Waals surface area contributed by atoms with E-state index in [1.54, 1.807) is 0 Å². The third-order valence-electron chi connectivity index (χ3n) is 5.33. The van der Waals surface area contributed by atoms with E-state index in [1.165, 1.54) is 25.7 Å². The fourth-order valence-electron chi connectivity index (χ4n) is 3.78. The number of aryl methyl sites for hydroxylation is 1. The standard InChI is InChI=1S/C23H37F3O2/c1-5-8-9-10-11-12-13-19(23(4,27-6-2)28-7-3)15-14-18-16-20(24)22(26)21(25)17-18/h16-17,19H,5-15H2,1-4H3. The highest BCUT2D eigenvalue weighted by Crippen LogP contribution is 2.33. The van der Waals surface area contributed by atoms with E-state index in [2.05, 4.69) is 6.92 Å². The molecule has 1 aromatic rings. The van der Waals surface area contributed by atoms with Gasteiger partial charge in [0.25, 0.3) is 0 Å². The molecular formula is C23H37F3O2. The zero-order valence-corrected chi connectivity index (χ0v) is 18.0. The molecule has 0 aliphatic rings. The van der Waals surface area contributed by atoms with Gasteiger partial charge in [0.2, 0.25) is 0 Å². The zero-order chi connectivity index (χ0) is 21.0. The van der Waals surface area contributed by atoms with E-state index in [1.807, 2.05) is 20.8 Å². The van der Waals surface area contributed by atoms with E-state index in [0.29, 0.717) is 31.6 Å². The molecule has 0 N–H and O–H groups in total. The molecule has 1 rings (SSSR count). The van der Waals surface area contributed by atoms with Gasteiger partial charge >= 0.3 is 0 Å². The molecule has 0 saturated heterocycles. The van der Waals surface area contributed by atoms with Crippen LogP contribution in [-0.4, -0.2) is 19.0 Å². The van der Waals surface area contributed by atoms with Crippen LogP contribution in [0.5, 0.6) is 0 Å². The van der Waals surface area contributed by atoms with Crippen LogP contribution in [0.2, 0.25) is 0 Å². The number of rotatable bonds is 15. The summed E-state index contributed by atoms with van der Waals surface area (Å²) < 4.78 is 52.2. The highest BCUT2D eigenvalue weighted by Gasteiger charge is 2.35. The molecule has 0 aliphatic heterocycles. The Labute approximate surface area is 168 Å². The quantitative estimate of drug-likeness (QED) is 0.176. The number of benzene rings is 1. The number of unbranched alkanes of at least 4 members (excludes halogenated alkanes) is 5. The fraction of sp³-hybridized carbons (Fsp3) is 0.739. The first kappa shape index (κ1) is 25.0. The van der Waals surface area contributed by atoms with Crippen molar-refractivity contribution in [2.24, 2.45) is 5.92 Å². The monoisotopic (exact) mass is 402 g/mol. The van der Waals surface area contributed by atoms with Crippen LogP contribution >= 0.6 is 0 Å². The third-order valence-corrected chi connectivity index (χ3v) is 5.33. The van der Waals surface area contributed by atoms with Gasteiger partial charge in [0.05, 0.1) is 0 Å². The number of halogens is 3. The molecule has 1 unspecified atom stereocenters. The summed E-state index contributed by atoms with van der Waals surface area (Å²) in [5.41, 5.74) is 0.458. The van der Waals surface area contributed by atoms with Crippen molar-refractivity contribution in [3.05, 3.63) is 35.1 Å². The molecule has 0 aromatic heterocycles. The summed E-state index contributed by atoms with van der Waals surface area (Å²) in [7, 11) is 0. The van der Waals surface area contributed by atoms with Gasteiger partial charge in [0.15, 0.2) is 23.2 Å². The van der Waals surface area contributed by atoms with Crippen molar-refractivity contribution in [2.75, 3.05) is 13.2 Å². The highest BCUT2D eigenvalue weighted by molar-refractivity contribution is 5.19. The van der Waals surface area contributed by atoms with E-state index >= 15 is 0 Å². The minimum absolute atomic E-state index is 0.0924. The van der Waals surface area contributed by atoms with Crippen LogP contribution < -0.4 is 0 Å². The van der Waals surface area contributed by atoms with Gasteiger partial charge in [-0.15, -0.1) is 0 Å². The van der Waals surface area contributed by atoms with Crippen LogP contribution in [0.4, 0.5) is 13.2 Å². The molecule has 162 valence electrons. The van der Waals surface area contributed by atoms with Crippen LogP contribution in [0, 0.1) is 23.4 Å². The first-order valence-electron chi connectivity index (χ1n) is 10.8. The molecular weight excluding hydrogens is 365 g/mol. The lowest BCUT2D eigenvalue weighted by molar-refractivity contribution is -0.254. The lowest BCUT2D eigenvalue weighted by Gasteiger charge is -2.37. The predicted octanol–water partition coefficient (Wildman–Crippen LogP) is 7.19. The van der Waals surface area contributed by atoms with Crippen LogP contribution in [0.3, 0.4) is 0 Å². The van der Waals surface area contributed by atoms with Crippen molar-refractivity contribution < 1.29 is 22.6 Å². The van der Waals surface area contributed by atoms with Crippen LogP contribution in [0.1, 0.15) is 84.6 Å². The van der Waals surface area contributed by atoms with Crippen molar-refractivity contribution in [1.82, 2.24) is 0 Å². The van der Waals surface area contributed by atoms with Crippen LogP contribution in [0.25, 0.3) is 0 Å². The maximum atomic E-state index is 13.5. The second-order valence-electron chi connectivity index (χ2n) is 7.55. The third kappa shape index (κ3) is 8.12. The van der Waals surface area contributed by atoms with Gasteiger partial charge < -0.3 is 9.47 Å². The fourth-order valence-corrected chi connectivity index (χ4v) is 3.78. The molecule has 5 heteroatoms. The number of hydrogen-bond acceptors (Lipinski definition) is 2. The minimum Gasteiger partial charge on any atom is -0.350 e. The molecule has 0 heterocycles. The second-order valence-corrected chi connectivity index (χ2v) is 7.55. The maximum absolute atomic E-state index is 13.5. The summed E-state index contributed by atoms with van der Waals surface area (Å²) in [5, 5.41) is 0. The smallest absolute Gasteiger partial charge is 0.194 e. The van der Waals surface area contributed by atoms with Crippen LogP contribution in [-0.2, 0) is 15.9 Å². The Hall–Kier alpha value is -1.07. The molecule has 0 radical (unpaired) electrons. The Balaban J connectivity index is 2.78. The second kappa shape index (κ2) is 13.2. The van der Waals surface area contributed by atoms with Crippen LogP contribution in [0.15, 0.2) is 12.1 Å². The van der Waals surface area contributed by atoms with E-state index in [-0.39, 0.29) is 5.92 Å². The zero-order valence-electron chi connectivity index (χ0n) is 18.0. The molecule has 2 nitrogen and oxygen atoms in total. The van der Waals surface area contributed by atoms with Crippen molar-refractivity contribution in [3.63, 3.8) is 0 Å². The number of hydrogen-bond donors (Lipinski definition) is 0. The normalized spacial score (nSPS) is 13.1. The van der Waals surface area contributed by atoms with Crippen molar-refractivity contribution >= 4 is 0 Å². The molecule has 28 heavy (non-hydrogen) atoms. The first-order valence-corrected chi connectivity index (χ1v) is 10.8. The predicted molar refractivity (Wildman–Crippen MR) is 108 cm³/mol. The summed E-state index contributed by atoms with van der Waals surface area (Å²) in [6.07, 6.45) is 9.22. The highest BCUT2D eigenvalue weighted by atomic mass is 19.2. The molecule has 0 fully saturated rings. The molecule has 0 aliphatic carbocycles. The van der Waals surface area contributed by atoms with E-state index in [9.17, 15) is 13.2 Å². The molecule has 0 saturated carbocycles. The summed E-state index contributed by atoms with van der Waals surface area (Å²) in [4.78, 5) is 0. The molecule has 1 aromatic carbocycles. The van der Waals surface area contributed by atoms with Gasteiger partial charge in [-0.25, -0.2) is 13.2 Å². The molecule has 0 amide bonds. The molecule has 1 atom stereocenters. The maximum Gasteiger partial charge on any atom is 0.194 e. The van der Waals surface area contributed by atoms with Gasteiger partial charge in [0, 0.05) is 19.1 Å². The molecule has 0 spiro atoms. The van der Waals surface area contributed by atoms with Crippen molar-refractivity contribution in [1.29, 1.82) is 0 Å².